The molecule has 3 nitrogen and oxygen atoms in total. The molecule has 16 heavy (non-hydrogen) atoms. The molecule has 0 aliphatic heterocycles. The van der Waals surface area contributed by atoms with Crippen LogP contribution in [0, 0.1) is 0 Å². The van der Waals surface area contributed by atoms with Crippen molar-refractivity contribution in [1.82, 2.24) is 0 Å². The van der Waals surface area contributed by atoms with Crippen LogP contribution in [0.1, 0.15) is 30.5 Å². The Labute approximate surface area is 110 Å². The third-order valence-electron chi connectivity index (χ3n) is 2.34. The molecule has 0 radical (unpaired) electrons. The molecule has 0 aliphatic rings. The van der Waals surface area contributed by atoms with E-state index in [0.717, 1.165) is 11.1 Å². The summed E-state index contributed by atoms with van der Waals surface area (Å²) in [5.74, 6) is 0. The Balaban J connectivity index is 3.39. The molecule has 4 heteroatoms. The van der Waals surface area contributed by atoms with E-state index in [-0.39, 0.29) is 0 Å². The van der Waals surface area contributed by atoms with Gasteiger partial charge >= 0.3 is 0 Å². The molecule has 1 aromatic carbocycles. The Kier molecular flexibility index (Phi) is 3.79. The van der Waals surface area contributed by atoms with Gasteiger partial charge in [0.15, 0.2) is 0 Å². The van der Waals surface area contributed by atoms with E-state index < -0.39 is 9.27 Å². The summed E-state index contributed by atoms with van der Waals surface area (Å²) in [6.45, 7) is 7.15. The predicted molar refractivity (Wildman–Crippen MR) is 75.9 cm³/mol. The molecule has 2 atom stereocenters. The summed E-state index contributed by atoms with van der Waals surface area (Å²) in [7, 11) is 0. The first-order chi connectivity index (χ1) is 7.14. The van der Waals surface area contributed by atoms with Gasteiger partial charge in [-0.15, -0.1) is 0 Å². The van der Waals surface area contributed by atoms with Crippen LogP contribution in [0.25, 0.3) is 6.08 Å². The van der Waals surface area contributed by atoms with Crippen molar-refractivity contribution in [2.45, 2.75) is 23.1 Å². The lowest BCUT2D eigenvalue weighted by atomic mass is 9.96. The molecule has 0 fully saturated rings. The largest absolute Gasteiger partial charge is 0.372 e. The minimum atomic E-state index is -1.37. The van der Waals surface area contributed by atoms with E-state index in [0.29, 0.717) is 5.56 Å². The fraction of sp³-hybridized carbons (Fsp3) is 0.333. The van der Waals surface area contributed by atoms with Gasteiger partial charge in [0.1, 0.15) is 5.72 Å². The lowest BCUT2D eigenvalue weighted by molar-refractivity contribution is 0.0646. The van der Waals surface area contributed by atoms with Crippen LogP contribution in [-0.4, -0.2) is 5.11 Å². The molecule has 0 bridgehead atoms. The first-order valence-electron chi connectivity index (χ1n) is 4.92. The number of hydrogen-bond acceptors (Lipinski definition) is 3. The monoisotopic (exact) mass is 332 g/mol. The average molecular weight is 332 g/mol. The van der Waals surface area contributed by atoms with Crippen molar-refractivity contribution >= 4 is 28.7 Å². The molecule has 0 aliphatic carbocycles. The van der Waals surface area contributed by atoms with Crippen LogP contribution in [0.5, 0.6) is 0 Å². The lowest BCUT2D eigenvalue weighted by Crippen LogP contribution is -2.33. The van der Waals surface area contributed by atoms with Crippen LogP contribution in [-0.2, 0) is 9.27 Å². The third-order valence-corrected chi connectivity index (χ3v) is 2.96. The number of nitrogens with two attached hydrogens (primary N) is 2. The van der Waals surface area contributed by atoms with Crippen LogP contribution in [0.3, 0.4) is 0 Å². The topological polar surface area (TPSA) is 72.3 Å². The smallest absolute Gasteiger partial charge is 0.136 e. The maximum Gasteiger partial charge on any atom is 0.136 e. The molecule has 0 saturated carbocycles. The van der Waals surface area contributed by atoms with E-state index in [2.05, 4.69) is 29.2 Å². The third kappa shape index (κ3) is 3.28. The summed E-state index contributed by atoms with van der Waals surface area (Å²) in [6.07, 6.45) is 1.71. The van der Waals surface area contributed by atoms with Gasteiger partial charge in [-0.3, -0.25) is 0 Å². The van der Waals surface area contributed by atoms with Crippen molar-refractivity contribution in [1.29, 1.82) is 0 Å². The highest BCUT2D eigenvalue weighted by Crippen LogP contribution is 2.29. The lowest BCUT2D eigenvalue weighted by Gasteiger charge is -2.23. The van der Waals surface area contributed by atoms with Gasteiger partial charge in [0.25, 0.3) is 0 Å². The number of rotatable bonds is 3. The first kappa shape index (κ1) is 13.6. The summed E-state index contributed by atoms with van der Waals surface area (Å²) in [6, 6.07) is 5.56. The molecule has 1 aromatic rings. The Morgan fingerprint density at radius 3 is 2.12 bits per heavy atom. The number of benzene rings is 1. The van der Waals surface area contributed by atoms with Crippen molar-refractivity contribution in [2.24, 2.45) is 11.5 Å². The molecule has 0 aromatic heterocycles. The zero-order valence-corrected chi connectivity index (χ0v) is 11.7. The standard InChI is InChI=1S/C12H17IN2O/c1-4-8-5-9(11(2,13)14)7-10(6-8)12(3,15)16/h4-7,16H,1,14-15H2,2-3H3/t11?,12-/m0/s1. The highest BCUT2D eigenvalue weighted by Gasteiger charge is 2.22. The first-order valence-corrected chi connectivity index (χ1v) is 6.00. The summed E-state index contributed by atoms with van der Waals surface area (Å²) in [5.41, 5.74) is 12.8. The minimum Gasteiger partial charge on any atom is -0.372 e. The van der Waals surface area contributed by atoms with Crippen molar-refractivity contribution in [3.63, 3.8) is 0 Å². The summed E-state index contributed by atoms with van der Waals surface area (Å²) in [4.78, 5) is 0. The van der Waals surface area contributed by atoms with E-state index in [1.807, 2.05) is 19.1 Å². The van der Waals surface area contributed by atoms with E-state index in [9.17, 15) is 5.11 Å². The summed E-state index contributed by atoms with van der Waals surface area (Å²) < 4.78 is -0.503. The van der Waals surface area contributed by atoms with E-state index in [1.165, 1.54) is 0 Å². The van der Waals surface area contributed by atoms with Gasteiger partial charge in [-0.25, -0.2) is 0 Å². The van der Waals surface area contributed by atoms with E-state index >= 15 is 0 Å². The molecule has 1 unspecified atom stereocenters. The average Bonchev–Trinajstić information content (AvgIpc) is 2.14. The van der Waals surface area contributed by atoms with Crippen molar-refractivity contribution in [3.05, 3.63) is 41.5 Å². The van der Waals surface area contributed by atoms with Crippen molar-refractivity contribution in [2.75, 3.05) is 0 Å². The molecular weight excluding hydrogens is 315 g/mol. The van der Waals surface area contributed by atoms with Crippen LogP contribution < -0.4 is 11.5 Å². The number of alkyl halides is 1. The number of aliphatic hydroxyl groups is 1. The van der Waals surface area contributed by atoms with Gasteiger partial charge in [0, 0.05) is 0 Å². The second kappa shape index (κ2) is 4.44. The maximum atomic E-state index is 9.80. The zero-order chi connectivity index (χ0) is 12.6. The molecule has 0 spiro atoms. The molecule has 0 saturated heterocycles. The quantitative estimate of drug-likeness (QED) is 0.343. The Bertz CT molecular complexity index is 370. The Morgan fingerprint density at radius 2 is 1.75 bits per heavy atom. The summed E-state index contributed by atoms with van der Waals surface area (Å²) >= 11 is 2.14. The zero-order valence-electron chi connectivity index (χ0n) is 9.50. The SMILES string of the molecule is C=Cc1cc(C(C)(N)I)cc([C@@](C)(N)O)c1. The highest BCUT2D eigenvalue weighted by molar-refractivity contribution is 14.1. The normalized spacial score (nSPS) is 18.6. The van der Waals surface area contributed by atoms with Gasteiger partial charge in [0.05, 0.1) is 3.55 Å². The van der Waals surface area contributed by atoms with Crippen LogP contribution >= 0.6 is 22.6 Å². The Hall–Kier alpha value is -0.430. The highest BCUT2D eigenvalue weighted by atomic mass is 127. The van der Waals surface area contributed by atoms with E-state index in [1.54, 1.807) is 19.1 Å². The maximum absolute atomic E-state index is 9.80. The molecule has 5 N–H and O–H groups in total. The Morgan fingerprint density at radius 1 is 1.25 bits per heavy atom. The molecule has 0 heterocycles. The van der Waals surface area contributed by atoms with Crippen LogP contribution in [0.4, 0.5) is 0 Å². The summed E-state index contributed by atoms with van der Waals surface area (Å²) in [5, 5.41) is 9.80. The molecule has 1 rings (SSSR count). The molecular formula is C12H17IN2O. The van der Waals surface area contributed by atoms with Gasteiger partial charge in [0.2, 0.25) is 0 Å². The van der Waals surface area contributed by atoms with Gasteiger partial charge in [-0.05, 0) is 48.7 Å². The minimum absolute atomic E-state index is 0.503. The molecule has 88 valence electrons. The van der Waals surface area contributed by atoms with Gasteiger partial charge < -0.3 is 16.6 Å². The van der Waals surface area contributed by atoms with Gasteiger partial charge in [-0.2, -0.15) is 0 Å². The predicted octanol–water partition coefficient (Wildman–Crippen LogP) is 2.02. The fourth-order valence-corrected chi connectivity index (χ4v) is 1.66. The number of halogens is 1. The van der Waals surface area contributed by atoms with Crippen molar-refractivity contribution in [3.8, 4) is 0 Å². The fourth-order valence-electron chi connectivity index (χ4n) is 1.34. The second-order valence-electron chi connectivity index (χ2n) is 4.27. The number of hydrogen-bond donors (Lipinski definition) is 3. The van der Waals surface area contributed by atoms with Gasteiger partial charge in [-0.1, -0.05) is 35.2 Å². The second-order valence-corrected chi connectivity index (χ2v) is 6.51. The molecule has 0 amide bonds. The van der Waals surface area contributed by atoms with E-state index in [4.69, 9.17) is 11.5 Å². The van der Waals surface area contributed by atoms with Crippen molar-refractivity contribution < 1.29 is 5.11 Å². The van der Waals surface area contributed by atoms with Crippen LogP contribution in [0.15, 0.2) is 24.8 Å². The van der Waals surface area contributed by atoms with Crippen LogP contribution in [0.2, 0.25) is 0 Å².